The van der Waals surface area contributed by atoms with E-state index in [0.717, 1.165) is 14.7 Å². The lowest BCUT2D eigenvalue weighted by molar-refractivity contribution is 0.201. The zero-order valence-electron chi connectivity index (χ0n) is 15.5. The van der Waals surface area contributed by atoms with E-state index in [1.807, 2.05) is 18.2 Å². The Morgan fingerprint density at radius 3 is 1.33 bits per heavy atom. The van der Waals surface area contributed by atoms with Crippen molar-refractivity contribution in [1.29, 1.82) is 0 Å². The Morgan fingerprint density at radius 1 is 0.545 bits per heavy atom. The van der Waals surface area contributed by atoms with Crippen LogP contribution < -0.4 is 0 Å². The summed E-state index contributed by atoms with van der Waals surface area (Å²) in [5, 5.41) is 0.274. The number of halogens is 13. The van der Waals surface area contributed by atoms with E-state index in [9.17, 15) is 0 Å². The van der Waals surface area contributed by atoms with Crippen molar-refractivity contribution in [3.8, 4) is 0 Å². The maximum atomic E-state index is 7.29. The van der Waals surface area contributed by atoms with Gasteiger partial charge in [-0.2, -0.15) is 0 Å². The number of rotatable bonds is 0. The minimum absolute atomic E-state index is 0.0485. The molecule has 4 unspecified atom stereocenters. The molecule has 178 valence electrons. The van der Waals surface area contributed by atoms with Gasteiger partial charge in [-0.3, -0.25) is 0 Å². The summed E-state index contributed by atoms with van der Waals surface area (Å²) in [5.74, 6) is -2.58. The Hall–Kier alpha value is 2.91. The molecule has 0 saturated heterocycles. The second kappa shape index (κ2) is 7.15. The first-order chi connectivity index (χ1) is 15.0. The first kappa shape index (κ1) is 26.1. The third kappa shape index (κ3) is 2.31. The number of hydrogen-bond acceptors (Lipinski definition) is 0. The van der Waals surface area contributed by atoms with E-state index in [-0.39, 0.29) is 20.1 Å². The fourth-order valence-corrected chi connectivity index (χ4v) is 13.4. The highest BCUT2D eigenvalue weighted by atomic mass is 127. The predicted octanol–water partition coefficient (Wildman–Crippen LogP) is 10.4. The molecule has 0 N–H and O–H groups in total. The van der Waals surface area contributed by atoms with E-state index < -0.39 is 51.8 Å². The predicted molar refractivity (Wildman–Crippen MR) is 152 cm³/mol. The van der Waals surface area contributed by atoms with Gasteiger partial charge in [-0.1, -0.05) is 98.9 Å². The summed E-state index contributed by atoms with van der Waals surface area (Å²) in [4.78, 5) is -6.36. The molecule has 13 heteroatoms. The van der Waals surface area contributed by atoms with Crippen LogP contribution in [0.15, 0.2) is 38.3 Å². The quantitative estimate of drug-likeness (QED) is 0.181. The van der Waals surface area contributed by atoms with Crippen molar-refractivity contribution in [2.24, 2.45) is 11.8 Å². The van der Waals surface area contributed by atoms with Crippen LogP contribution in [0, 0.1) is 15.4 Å². The largest absolute Gasteiger partial charge is 0.167 e. The second-order valence-corrected chi connectivity index (χ2v) is 16.8. The minimum atomic E-state index is -1.81. The summed E-state index contributed by atoms with van der Waals surface area (Å²) in [6.07, 6.45) is 0. The lowest BCUT2D eigenvalue weighted by Gasteiger charge is -2.52. The molecule has 6 rings (SSSR count). The third-order valence-corrected chi connectivity index (χ3v) is 17.3. The van der Waals surface area contributed by atoms with Crippen LogP contribution in [0.3, 0.4) is 0 Å². The normalized spacial score (nSPS) is 50.1. The molecule has 2 fully saturated rings. The molecule has 4 bridgehead atoms. The maximum absolute atomic E-state index is 7.29. The summed E-state index contributed by atoms with van der Waals surface area (Å²) >= 11 is 85.9. The lowest BCUT2D eigenvalue weighted by atomic mass is 9.57. The van der Waals surface area contributed by atoms with Crippen molar-refractivity contribution in [2.45, 2.75) is 40.0 Å². The van der Waals surface area contributed by atoms with E-state index in [4.69, 9.17) is 139 Å². The molecule has 0 aromatic heterocycles. The van der Waals surface area contributed by atoms with Gasteiger partial charge < -0.3 is 0 Å². The Morgan fingerprint density at radius 2 is 0.909 bits per heavy atom. The van der Waals surface area contributed by atoms with Crippen LogP contribution >= 0.6 is 162 Å². The molecule has 0 heterocycles. The first-order valence-electron chi connectivity index (χ1n) is 9.43. The highest BCUT2D eigenvalue weighted by Gasteiger charge is 2.91. The van der Waals surface area contributed by atoms with E-state index in [2.05, 4.69) is 22.6 Å². The summed E-state index contributed by atoms with van der Waals surface area (Å²) in [7, 11) is 0. The van der Waals surface area contributed by atoms with Crippen LogP contribution in [-0.4, -0.2) is 28.2 Å². The average Bonchev–Trinajstić information content (AvgIpc) is 3.08. The molecule has 2 saturated carbocycles. The highest BCUT2D eigenvalue weighted by molar-refractivity contribution is 14.1. The van der Waals surface area contributed by atoms with Gasteiger partial charge in [0.15, 0.2) is 8.67 Å². The van der Waals surface area contributed by atoms with Gasteiger partial charge in [0.2, 0.25) is 0 Å². The van der Waals surface area contributed by atoms with Gasteiger partial charge in [-0.05, 0) is 45.9 Å². The van der Waals surface area contributed by atoms with Gasteiger partial charge >= 0.3 is 0 Å². The monoisotopic (exact) mass is 794 g/mol. The summed E-state index contributed by atoms with van der Waals surface area (Å²) in [6, 6.07) is 5.82. The van der Waals surface area contributed by atoms with E-state index in [1.54, 1.807) is 0 Å². The Kier molecular flexibility index (Phi) is 5.67. The van der Waals surface area contributed by atoms with Gasteiger partial charge in [-0.25, -0.2) is 0 Å². The number of fused-ring (bicyclic) bond motifs is 14. The van der Waals surface area contributed by atoms with Gasteiger partial charge in [0.25, 0.3) is 0 Å². The molecule has 8 atom stereocenters. The number of hydrogen-bond donors (Lipinski definition) is 0. The van der Waals surface area contributed by atoms with E-state index >= 15 is 0 Å². The van der Waals surface area contributed by atoms with Gasteiger partial charge in [-0.15, -0.1) is 46.4 Å². The molecule has 5 aliphatic carbocycles. The van der Waals surface area contributed by atoms with Gasteiger partial charge in [0.1, 0.15) is 19.5 Å². The molecule has 0 amide bonds. The Labute approximate surface area is 263 Å². The van der Waals surface area contributed by atoms with Gasteiger partial charge in [0, 0.05) is 27.2 Å². The van der Waals surface area contributed by atoms with Crippen LogP contribution in [0.4, 0.5) is 0 Å². The summed E-state index contributed by atoms with van der Waals surface area (Å²) in [5.41, 5.74) is 1.60. The lowest BCUT2D eigenvalue weighted by Crippen LogP contribution is -2.53. The maximum Gasteiger partial charge on any atom is 0.167 e. The Balaban J connectivity index is 1.79. The summed E-state index contributed by atoms with van der Waals surface area (Å²) in [6.45, 7) is 0. The number of benzene rings is 1. The fourth-order valence-electron chi connectivity index (χ4n) is 6.87. The fraction of sp³-hybridized carbons (Fsp3) is 0.500. The highest BCUT2D eigenvalue weighted by Crippen LogP contribution is 2.88. The molecule has 0 spiro atoms. The SMILES string of the molecule is ClC1=C(Cl)[C@]2(Cl)C3C(c4ccc(I)cc4C4C3[C@@]3(Cl)C(Cl)=C(Cl)[C@]4(Cl)C3(Cl)Cl)[C@@]1(Cl)C2(Cl)Cl. The van der Waals surface area contributed by atoms with Crippen molar-refractivity contribution >= 4 is 162 Å². The number of alkyl halides is 8. The van der Waals surface area contributed by atoms with Crippen molar-refractivity contribution in [1.82, 2.24) is 0 Å². The smallest absolute Gasteiger partial charge is 0.109 e. The van der Waals surface area contributed by atoms with Crippen molar-refractivity contribution in [3.63, 3.8) is 0 Å². The Bertz CT molecular complexity index is 1240. The van der Waals surface area contributed by atoms with Crippen LogP contribution in [0.5, 0.6) is 0 Å². The van der Waals surface area contributed by atoms with Crippen LogP contribution in [0.2, 0.25) is 0 Å². The minimum Gasteiger partial charge on any atom is -0.109 e. The molecule has 33 heavy (non-hydrogen) atoms. The number of allylic oxidation sites excluding steroid dienone is 4. The van der Waals surface area contributed by atoms with E-state index in [1.165, 1.54) is 0 Å². The molecule has 1 aromatic rings. The second-order valence-electron chi connectivity index (χ2n) is 9.03. The molecular formula is C20H7Cl12I. The van der Waals surface area contributed by atoms with Crippen LogP contribution in [0.25, 0.3) is 0 Å². The van der Waals surface area contributed by atoms with E-state index in [0.29, 0.717) is 0 Å². The third-order valence-electron chi connectivity index (χ3n) is 8.09. The zero-order chi connectivity index (χ0) is 24.5. The average molecular weight is 800 g/mol. The van der Waals surface area contributed by atoms with Gasteiger partial charge in [0.05, 0.1) is 20.1 Å². The van der Waals surface area contributed by atoms with Crippen molar-refractivity contribution in [3.05, 3.63) is 53.0 Å². The molecule has 1 aromatic carbocycles. The zero-order valence-corrected chi connectivity index (χ0v) is 26.7. The molecule has 5 aliphatic rings. The van der Waals surface area contributed by atoms with Crippen LogP contribution in [-0.2, 0) is 0 Å². The van der Waals surface area contributed by atoms with Crippen molar-refractivity contribution in [2.75, 3.05) is 0 Å². The molecule has 0 aliphatic heterocycles. The first-order valence-corrected chi connectivity index (χ1v) is 15.0. The molecular weight excluding hydrogens is 793 g/mol. The molecule has 0 radical (unpaired) electrons. The topological polar surface area (TPSA) is 0 Å². The van der Waals surface area contributed by atoms with Crippen molar-refractivity contribution < 1.29 is 0 Å². The standard InChI is InChI=1S/C20H7Cl12I/c21-11-13(23)17(27)9-7(15(11,25)19(17,29)30)5-2-1-4(33)3-6(5)8-10(9)18(28)14(24)12(22)16(8,26)20(18,31)32/h1-3,7-10H/t7?,8?,9?,10?,15-,16-,17+,18+/m0/s1. The van der Waals surface area contributed by atoms with Crippen LogP contribution in [0.1, 0.15) is 23.0 Å². The molecule has 0 nitrogen and oxygen atoms in total. The summed E-state index contributed by atoms with van der Waals surface area (Å²) < 4.78 is -2.68.